The zero-order valence-corrected chi connectivity index (χ0v) is 12.6. The lowest BCUT2D eigenvalue weighted by Crippen LogP contribution is -1.90. The van der Waals surface area contributed by atoms with Crippen molar-refractivity contribution in [3.8, 4) is 11.8 Å². The highest BCUT2D eigenvalue weighted by Gasteiger charge is 1.96. The lowest BCUT2D eigenvalue weighted by Gasteiger charge is -2.03. The van der Waals surface area contributed by atoms with Crippen LogP contribution in [0.3, 0.4) is 0 Å². The van der Waals surface area contributed by atoms with Crippen LogP contribution in [0.5, 0.6) is 0 Å². The third kappa shape index (κ3) is 13.4. The van der Waals surface area contributed by atoms with E-state index >= 15 is 0 Å². The number of hydrogen-bond donors (Lipinski definition) is 0. The minimum atomic E-state index is 0.593. The van der Waals surface area contributed by atoms with Gasteiger partial charge in [0.15, 0.2) is 0 Å². The van der Waals surface area contributed by atoms with Gasteiger partial charge in [-0.1, -0.05) is 58.4 Å². The van der Waals surface area contributed by atoms with Crippen molar-refractivity contribution in [3.63, 3.8) is 0 Å². The molecule has 0 aliphatic heterocycles. The van der Waals surface area contributed by atoms with Crippen molar-refractivity contribution in [1.29, 1.82) is 0 Å². The third-order valence-corrected chi connectivity index (χ3v) is 3.30. The van der Waals surface area contributed by atoms with Crippen molar-refractivity contribution in [2.75, 3.05) is 0 Å². The number of hydrogen-bond acceptors (Lipinski definition) is 0. The maximum atomic E-state index is 3.75. The van der Waals surface area contributed by atoms with E-state index in [0.29, 0.717) is 5.92 Å². The van der Waals surface area contributed by atoms with E-state index in [0.717, 1.165) is 6.42 Å². The Hall–Kier alpha value is -0.700. The third-order valence-electron chi connectivity index (χ3n) is 3.30. The molecule has 0 heteroatoms. The van der Waals surface area contributed by atoms with Gasteiger partial charge in [-0.3, -0.25) is 0 Å². The first kappa shape index (κ1) is 17.3. The smallest absolute Gasteiger partial charge is 0.0174 e. The fourth-order valence-corrected chi connectivity index (χ4v) is 2.05. The summed E-state index contributed by atoms with van der Waals surface area (Å²) in [5.74, 6) is 7.33. The summed E-state index contributed by atoms with van der Waals surface area (Å²) in [5, 5.41) is 0. The molecule has 1 unspecified atom stereocenters. The van der Waals surface area contributed by atoms with Crippen LogP contribution in [-0.2, 0) is 0 Å². The van der Waals surface area contributed by atoms with Crippen molar-refractivity contribution >= 4 is 0 Å². The van der Waals surface area contributed by atoms with E-state index in [-0.39, 0.29) is 0 Å². The molecule has 0 spiro atoms. The standard InChI is InChI=1S/C18H32/c1-4-6-8-10-12-14-16-18(3)17-15-13-11-9-7-5-2/h4,18H,1,5-14,16H2,2-3H3. The van der Waals surface area contributed by atoms with Gasteiger partial charge in [-0.2, -0.15) is 0 Å². The monoisotopic (exact) mass is 248 g/mol. The van der Waals surface area contributed by atoms with Crippen LogP contribution in [-0.4, -0.2) is 0 Å². The van der Waals surface area contributed by atoms with Gasteiger partial charge in [-0.15, -0.1) is 18.4 Å². The first-order valence-corrected chi connectivity index (χ1v) is 7.90. The van der Waals surface area contributed by atoms with Crippen LogP contribution >= 0.6 is 0 Å². The Labute approximate surface area is 115 Å². The number of unbranched alkanes of at least 4 members (excludes halogenated alkanes) is 8. The topological polar surface area (TPSA) is 0 Å². The van der Waals surface area contributed by atoms with E-state index in [1.165, 1.54) is 64.2 Å². The van der Waals surface area contributed by atoms with Crippen molar-refractivity contribution < 1.29 is 0 Å². The minimum Gasteiger partial charge on any atom is -0.103 e. The molecule has 0 N–H and O–H groups in total. The molecule has 104 valence electrons. The summed E-state index contributed by atoms with van der Waals surface area (Å²) in [4.78, 5) is 0. The zero-order valence-electron chi connectivity index (χ0n) is 12.6. The SMILES string of the molecule is C=CCCCCCCC(C)C#CCCCCCC. The van der Waals surface area contributed by atoms with Gasteiger partial charge < -0.3 is 0 Å². The van der Waals surface area contributed by atoms with Gasteiger partial charge >= 0.3 is 0 Å². The Morgan fingerprint density at radius 1 is 1.00 bits per heavy atom. The summed E-state index contributed by atoms with van der Waals surface area (Å²) < 4.78 is 0. The predicted octanol–water partition coefficient (Wildman–Crippen LogP) is 6.12. The lowest BCUT2D eigenvalue weighted by molar-refractivity contribution is 0.564. The molecule has 0 rings (SSSR count). The predicted molar refractivity (Wildman–Crippen MR) is 83.6 cm³/mol. The molecular formula is C18H32. The van der Waals surface area contributed by atoms with Crippen molar-refractivity contribution in [2.45, 2.75) is 84.5 Å². The molecule has 0 saturated heterocycles. The van der Waals surface area contributed by atoms with E-state index in [1.807, 2.05) is 6.08 Å². The molecule has 0 nitrogen and oxygen atoms in total. The zero-order chi connectivity index (χ0) is 13.5. The van der Waals surface area contributed by atoms with Crippen LogP contribution in [0, 0.1) is 17.8 Å². The van der Waals surface area contributed by atoms with Crippen molar-refractivity contribution in [3.05, 3.63) is 12.7 Å². The van der Waals surface area contributed by atoms with E-state index in [4.69, 9.17) is 0 Å². The highest BCUT2D eigenvalue weighted by atomic mass is 14.0. The second kappa shape index (κ2) is 14.4. The molecule has 0 fully saturated rings. The molecule has 0 heterocycles. The molecule has 0 amide bonds. The average Bonchev–Trinajstić information content (AvgIpc) is 2.38. The molecular weight excluding hydrogens is 216 g/mol. The van der Waals surface area contributed by atoms with Gasteiger partial charge in [0.2, 0.25) is 0 Å². The molecule has 0 aromatic carbocycles. The fourth-order valence-electron chi connectivity index (χ4n) is 2.05. The summed E-state index contributed by atoms with van der Waals surface area (Å²) in [5.41, 5.74) is 0. The van der Waals surface area contributed by atoms with Crippen LogP contribution < -0.4 is 0 Å². The summed E-state index contributed by atoms with van der Waals surface area (Å²) in [7, 11) is 0. The van der Waals surface area contributed by atoms with Gasteiger partial charge in [-0.05, 0) is 25.7 Å². The molecule has 1 atom stereocenters. The largest absolute Gasteiger partial charge is 0.103 e. The average molecular weight is 248 g/mol. The number of allylic oxidation sites excluding steroid dienone is 1. The van der Waals surface area contributed by atoms with Crippen LogP contribution in [0.2, 0.25) is 0 Å². The first-order valence-electron chi connectivity index (χ1n) is 7.90. The fraction of sp³-hybridized carbons (Fsp3) is 0.778. The van der Waals surface area contributed by atoms with E-state index < -0.39 is 0 Å². The second-order valence-corrected chi connectivity index (χ2v) is 5.31. The highest BCUT2D eigenvalue weighted by molar-refractivity contribution is 5.02. The Morgan fingerprint density at radius 2 is 1.72 bits per heavy atom. The van der Waals surface area contributed by atoms with Gasteiger partial charge in [0, 0.05) is 12.3 Å². The summed E-state index contributed by atoms with van der Waals surface area (Å²) >= 11 is 0. The molecule has 0 saturated carbocycles. The molecule has 0 bridgehead atoms. The maximum Gasteiger partial charge on any atom is 0.0174 e. The van der Waals surface area contributed by atoms with Crippen LogP contribution in [0.4, 0.5) is 0 Å². The van der Waals surface area contributed by atoms with Crippen LogP contribution in [0.1, 0.15) is 84.5 Å². The Balaban J connectivity index is 3.33. The minimum absolute atomic E-state index is 0.593. The Morgan fingerprint density at radius 3 is 2.44 bits per heavy atom. The molecule has 0 aliphatic carbocycles. The van der Waals surface area contributed by atoms with E-state index in [1.54, 1.807) is 0 Å². The van der Waals surface area contributed by atoms with Gasteiger partial charge in [0.05, 0.1) is 0 Å². The second-order valence-electron chi connectivity index (χ2n) is 5.31. The van der Waals surface area contributed by atoms with Crippen molar-refractivity contribution in [1.82, 2.24) is 0 Å². The van der Waals surface area contributed by atoms with Crippen LogP contribution in [0.25, 0.3) is 0 Å². The van der Waals surface area contributed by atoms with Gasteiger partial charge in [0.25, 0.3) is 0 Å². The molecule has 0 aliphatic rings. The summed E-state index contributed by atoms with van der Waals surface area (Å²) in [6, 6.07) is 0. The van der Waals surface area contributed by atoms with Gasteiger partial charge in [-0.25, -0.2) is 0 Å². The quantitative estimate of drug-likeness (QED) is 0.235. The Kier molecular flexibility index (Phi) is 13.8. The summed E-state index contributed by atoms with van der Waals surface area (Å²) in [6.45, 7) is 8.27. The first-order chi connectivity index (χ1) is 8.81. The maximum absolute atomic E-state index is 3.75. The highest BCUT2D eigenvalue weighted by Crippen LogP contribution is 2.11. The van der Waals surface area contributed by atoms with E-state index in [2.05, 4.69) is 32.3 Å². The lowest BCUT2D eigenvalue weighted by atomic mass is 10.0. The normalized spacial score (nSPS) is 11.7. The molecule has 0 aromatic rings. The van der Waals surface area contributed by atoms with Crippen LogP contribution in [0.15, 0.2) is 12.7 Å². The Bertz CT molecular complexity index is 228. The number of rotatable bonds is 11. The van der Waals surface area contributed by atoms with Gasteiger partial charge in [0.1, 0.15) is 0 Å². The van der Waals surface area contributed by atoms with Crippen molar-refractivity contribution in [2.24, 2.45) is 5.92 Å². The molecule has 0 radical (unpaired) electrons. The molecule has 18 heavy (non-hydrogen) atoms. The summed E-state index contributed by atoms with van der Waals surface area (Å²) in [6.07, 6.45) is 16.2. The van der Waals surface area contributed by atoms with E-state index in [9.17, 15) is 0 Å². The molecule has 0 aromatic heterocycles.